The Morgan fingerprint density at radius 3 is 2.74 bits per heavy atom. The molecule has 19 heavy (non-hydrogen) atoms. The lowest BCUT2D eigenvalue weighted by Crippen LogP contribution is -2.45. The minimum Gasteiger partial charge on any atom is -0.481 e. The van der Waals surface area contributed by atoms with Crippen molar-refractivity contribution in [1.29, 1.82) is 0 Å². The fraction of sp³-hybridized carbons (Fsp3) is 0.583. The van der Waals surface area contributed by atoms with Gasteiger partial charge in [0, 0.05) is 30.9 Å². The predicted molar refractivity (Wildman–Crippen MR) is 67.5 cm³/mol. The summed E-state index contributed by atoms with van der Waals surface area (Å²) in [6.45, 7) is 3.31. The molecule has 104 valence electrons. The summed E-state index contributed by atoms with van der Waals surface area (Å²) in [5, 5.41) is 18.4. The highest BCUT2D eigenvalue weighted by Gasteiger charge is 2.26. The molecule has 1 aliphatic heterocycles. The fourth-order valence-corrected chi connectivity index (χ4v) is 2.17. The van der Waals surface area contributed by atoms with Crippen LogP contribution in [0.3, 0.4) is 0 Å². The molecule has 2 rings (SSSR count). The van der Waals surface area contributed by atoms with E-state index in [1.807, 2.05) is 6.92 Å². The molecule has 0 spiro atoms. The van der Waals surface area contributed by atoms with Crippen LogP contribution in [0.15, 0.2) is 6.20 Å². The molecule has 2 amide bonds. The molecular weight excluding hydrogens is 248 g/mol. The van der Waals surface area contributed by atoms with Gasteiger partial charge in [0.15, 0.2) is 0 Å². The molecular formula is C12H18N4O3. The zero-order chi connectivity index (χ0) is 13.8. The number of carboxylic acid groups (broad SMARTS) is 1. The topological polar surface area (TPSA) is 98.3 Å². The first-order chi connectivity index (χ1) is 9.08. The van der Waals surface area contributed by atoms with Crippen molar-refractivity contribution in [2.24, 2.45) is 5.92 Å². The number of urea groups is 1. The Hall–Kier alpha value is -2.05. The van der Waals surface area contributed by atoms with Crippen molar-refractivity contribution in [3.63, 3.8) is 0 Å². The minimum absolute atomic E-state index is 0.149. The molecule has 0 radical (unpaired) electrons. The molecule has 7 nitrogen and oxygen atoms in total. The van der Waals surface area contributed by atoms with E-state index >= 15 is 0 Å². The Bertz CT molecular complexity index is 463. The van der Waals surface area contributed by atoms with Gasteiger partial charge in [-0.15, -0.1) is 0 Å². The zero-order valence-electron chi connectivity index (χ0n) is 10.8. The van der Waals surface area contributed by atoms with Gasteiger partial charge >= 0.3 is 12.0 Å². The third kappa shape index (κ3) is 3.24. The van der Waals surface area contributed by atoms with Crippen molar-refractivity contribution in [3.05, 3.63) is 17.5 Å². The summed E-state index contributed by atoms with van der Waals surface area (Å²) in [6.07, 6.45) is 2.73. The van der Waals surface area contributed by atoms with Gasteiger partial charge in [-0.1, -0.05) is 0 Å². The zero-order valence-corrected chi connectivity index (χ0v) is 10.8. The number of aromatic nitrogens is 2. The van der Waals surface area contributed by atoms with E-state index in [0.717, 1.165) is 11.3 Å². The highest BCUT2D eigenvalue weighted by atomic mass is 16.4. The first-order valence-electron chi connectivity index (χ1n) is 6.32. The van der Waals surface area contributed by atoms with Crippen LogP contribution >= 0.6 is 0 Å². The second-order valence-corrected chi connectivity index (χ2v) is 4.78. The van der Waals surface area contributed by atoms with E-state index in [0.29, 0.717) is 32.5 Å². The maximum absolute atomic E-state index is 11.9. The SMILES string of the molecule is Cc1[nH]ncc1CNC(=O)N1CCC(C(=O)O)CC1. The van der Waals surface area contributed by atoms with Gasteiger partial charge in [-0.25, -0.2) is 4.79 Å². The smallest absolute Gasteiger partial charge is 0.317 e. The van der Waals surface area contributed by atoms with Crippen molar-refractivity contribution in [3.8, 4) is 0 Å². The maximum atomic E-state index is 11.9. The van der Waals surface area contributed by atoms with Crippen molar-refractivity contribution in [2.45, 2.75) is 26.3 Å². The summed E-state index contributed by atoms with van der Waals surface area (Å²) in [5.74, 6) is -1.09. The number of carbonyl (C=O) groups excluding carboxylic acids is 1. The van der Waals surface area contributed by atoms with Crippen LogP contribution in [0.1, 0.15) is 24.1 Å². The number of H-pyrrole nitrogens is 1. The number of aryl methyl sites for hydroxylation is 1. The largest absolute Gasteiger partial charge is 0.481 e. The molecule has 0 unspecified atom stereocenters. The number of hydrogen-bond acceptors (Lipinski definition) is 3. The molecule has 7 heteroatoms. The predicted octanol–water partition coefficient (Wildman–Crippen LogP) is 0.724. The third-order valence-electron chi connectivity index (χ3n) is 3.50. The number of carboxylic acids is 1. The second kappa shape index (κ2) is 5.73. The molecule has 1 saturated heterocycles. The van der Waals surface area contributed by atoms with E-state index in [4.69, 9.17) is 5.11 Å². The second-order valence-electron chi connectivity index (χ2n) is 4.78. The normalized spacial score (nSPS) is 16.4. The molecule has 0 bridgehead atoms. The fourth-order valence-electron chi connectivity index (χ4n) is 2.17. The Morgan fingerprint density at radius 2 is 2.21 bits per heavy atom. The molecule has 1 aromatic heterocycles. The van der Waals surface area contributed by atoms with E-state index in [1.54, 1.807) is 11.1 Å². The molecule has 0 aliphatic carbocycles. The minimum atomic E-state index is -0.769. The van der Waals surface area contributed by atoms with E-state index in [2.05, 4.69) is 15.5 Å². The van der Waals surface area contributed by atoms with Crippen LogP contribution in [-0.2, 0) is 11.3 Å². The van der Waals surface area contributed by atoms with Crippen LogP contribution in [0.5, 0.6) is 0 Å². The molecule has 1 aliphatic rings. The summed E-state index contributed by atoms with van der Waals surface area (Å²) in [7, 11) is 0. The highest BCUT2D eigenvalue weighted by molar-refractivity contribution is 5.75. The number of aromatic amines is 1. The molecule has 2 heterocycles. The number of piperidine rings is 1. The lowest BCUT2D eigenvalue weighted by atomic mass is 9.97. The van der Waals surface area contributed by atoms with Crippen molar-refractivity contribution in [1.82, 2.24) is 20.4 Å². The summed E-state index contributed by atoms with van der Waals surface area (Å²) >= 11 is 0. The molecule has 0 aromatic carbocycles. The van der Waals surface area contributed by atoms with E-state index in [9.17, 15) is 9.59 Å². The highest BCUT2D eigenvalue weighted by Crippen LogP contribution is 2.17. The van der Waals surface area contributed by atoms with Crippen molar-refractivity contribution in [2.75, 3.05) is 13.1 Å². The molecule has 1 fully saturated rings. The Labute approximate surface area is 111 Å². The Balaban J connectivity index is 1.79. The third-order valence-corrected chi connectivity index (χ3v) is 3.50. The number of nitrogens with one attached hydrogen (secondary N) is 2. The lowest BCUT2D eigenvalue weighted by molar-refractivity contribution is -0.143. The summed E-state index contributed by atoms with van der Waals surface area (Å²) < 4.78 is 0. The first-order valence-corrected chi connectivity index (χ1v) is 6.32. The molecule has 0 saturated carbocycles. The van der Waals surface area contributed by atoms with Crippen LogP contribution in [-0.4, -0.2) is 45.3 Å². The number of amides is 2. The van der Waals surface area contributed by atoms with Gasteiger partial charge < -0.3 is 15.3 Å². The van der Waals surface area contributed by atoms with Crippen molar-refractivity contribution < 1.29 is 14.7 Å². The Kier molecular flexibility index (Phi) is 4.03. The monoisotopic (exact) mass is 266 g/mol. The summed E-state index contributed by atoms with van der Waals surface area (Å²) in [4.78, 5) is 24.4. The van der Waals surface area contributed by atoms with Crippen molar-refractivity contribution >= 4 is 12.0 Å². The molecule has 0 atom stereocenters. The molecule has 3 N–H and O–H groups in total. The molecule has 1 aromatic rings. The number of nitrogens with zero attached hydrogens (tertiary/aromatic N) is 2. The number of carbonyl (C=O) groups is 2. The van der Waals surface area contributed by atoms with Crippen LogP contribution in [0.25, 0.3) is 0 Å². The average Bonchev–Trinajstić information content (AvgIpc) is 2.81. The number of aliphatic carboxylic acids is 1. The number of hydrogen-bond donors (Lipinski definition) is 3. The van der Waals surface area contributed by atoms with Gasteiger partial charge in [0.2, 0.25) is 0 Å². The van der Waals surface area contributed by atoms with E-state index < -0.39 is 5.97 Å². The van der Waals surface area contributed by atoms with Crippen LogP contribution in [0.4, 0.5) is 4.79 Å². The number of rotatable bonds is 3. The van der Waals surface area contributed by atoms with Gasteiger partial charge in [-0.05, 0) is 19.8 Å². The van der Waals surface area contributed by atoms with Crippen LogP contribution < -0.4 is 5.32 Å². The number of likely N-dealkylation sites (tertiary alicyclic amines) is 1. The van der Waals surface area contributed by atoms with Gasteiger partial charge in [-0.3, -0.25) is 9.89 Å². The quantitative estimate of drug-likeness (QED) is 0.751. The van der Waals surface area contributed by atoms with Gasteiger partial charge in [0.25, 0.3) is 0 Å². The van der Waals surface area contributed by atoms with Gasteiger partial charge in [0.1, 0.15) is 0 Å². The first kappa shape index (κ1) is 13.4. The average molecular weight is 266 g/mol. The van der Waals surface area contributed by atoms with E-state index in [-0.39, 0.29) is 11.9 Å². The summed E-state index contributed by atoms with van der Waals surface area (Å²) in [5.41, 5.74) is 1.89. The van der Waals surface area contributed by atoms with E-state index in [1.165, 1.54) is 0 Å². The van der Waals surface area contributed by atoms with Crippen LogP contribution in [0, 0.1) is 12.8 Å². The van der Waals surface area contributed by atoms with Gasteiger partial charge in [-0.2, -0.15) is 5.10 Å². The van der Waals surface area contributed by atoms with Crippen LogP contribution in [0.2, 0.25) is 0 Å². The summed E-state index contributed by atoms with van der Waals surface area (Å²) in [6, 6.07) is -0.149. The van der Waals surface area contributed by atoms with Gasteiger partial charge in [0.05, 0.1) is 12.1 Å². The maximum Gasteiger partial charge on any atom is 0.317 e. The lowest BCUT2D eigenvalue weighted by Gasteiger charge is -2.30. The standard InChI is InChI=1S/C12H18N4O3/c1-8-10(7-14-15-8)6-13-12(19)16-4-2-9(3-5-16)11(17)18/h7,9H,2-6H2,1H3,(H,13,19)(H,14,15)(H,17,18). The Morgan fingerprint density at radius 1 is 1.53 bits per heavy atom.